The summed E-state index contributed by atoms with van der Waals surface area (Å²) in [5.41, 5.74) is 5.31. The number of aromatic nitrogens is 1. The first-order valence-corrected chi connectivity index (χ1v) is 3.34. The van der Waals surface area contributed by atoms with Gasteiger partial charge in [-0.1, -0.05) is 0 Å². The zero-order chi connectivity index (χ0) is 6.69. The summed E-state index contributed by atoms with van der Waals surface area (Å²) in [6, 6.07) is 3.79. The number of H-pyrrole nitrogens is 1. The third kappa shape index (κ3) is 1.91. The van der Waals surface area contributed by atoms with E-state index in [0.29, 0.717) is 4.67 Å². The van der Waals surface area contributed by atoms with Crippen molar-refractivity contribution in [1.29, 1.82) is 0 Å². The molecular formula is C5H7N3Se. The van der Waals surface area contributed by atoms with Gasteiger partial charge in [0.15, 0.2) is 0 Å². The van der Waals surface area contributed by atoms with Crippen molar-refractivity contribution in [1.82, 2.24) is 4.98 Å². The third-order valence-electron chi connectivity index (χ3n) is 0.856. The summed E-state index contributed by atoms with van der Waals surface area (Å²) >= 11 is 2.64. The van der Waals surface area contributed by atoms with Gasteiger partial charge in [0.05, 0.1) is 0 Å². The van der Waals surface area contributed by atoms with Crippen LogP contribution in [0.5, 0.6) is 0 Å². The van der Waals surface area contributed by atoms with Crippen molar-refractivity contribution in [2.75, 3.05) is 5.32 Å². The molecule has 3 nitrogen and oxygen atoms in total. The second kappa shape index (κ2) is 2.71. The molecular weight excluding hydrogens is 181 g/mol. The van der Waals surface area contributed by atoms with Crippen LogP contribution in [0.2, 0.25) is 0 Å². The molecule has 0 aliphatic heterocycles. The number of anilines is 1. The molecule has 0 saturated heterocycles. The van der Waals surface area contributed by atoms with Crippen LogP contribution >= 0.6 is 0 Å². The van der Waals surface area contributed by atoms with E-state index in [1.807, 2.05) is 18.3 Å². The van der Waals surface area contributed by atoms with Crippen LogP contribution in [0.25, 0.3) is 0 Å². The van der Waals surface area contributed by atoms with Gasteiger partial charge in [-0.15, -0.1) is 0 Å². The summed E-state index contributed by atoms with van der Waals surface area (Å²) in [5, 5.41) is 2.87. The van der Waals surface area contributed by atoms with Gasteiger partial charge in [-0.05, 0) is 0 Å². The van der Waals surface area contributed by atoms with Crippen LogP contribution in [-0.4, -0.2) is 25.2 Å². The van der Waals surface area contributed by atoms with E-state index in [-0.39, 0.29) is 0 Å². The zero-order valence-electron chi connectivity index (χ0n) is 4.72. The molecule has 9 heavy (non-hydrogen) atoms. The van der Waals surface area contributed by atoms with E-state index in [0.717, 1.165) is 5.82 Å². The first-order valence-electron chi connectivity index (χ1n) is 2.49. The SMILES string of the molecule is NC(=[Se])Nc1ccc[nH]1. The van der Waals surface area contributed by atoms with E-state index in [9.17, 15) is 0 Å². The van der Waals surface area contributed by atoms with Crippen LogP contribution in [0.3, 0.4) is 0 Å². The van der Waals surface area contributed by atoms with Crippen LogP contribution in [0.1, 0.15) is 0 Å². The Balaban J connectivity index is 2.58. The van der Waals surface area contributed by atoms with Gasteiger partial charge < -0.3 is 0 Å². The summed E-state index contributed by atoms with van der Waals surface area (Å²) in [7, 11) is 0. The first kappa shape index (κ1) is 6.39. The summed E-state index contributed by atoms with van der Waals surface area (Å²) in [5.74, 6) is 0.895. The van der Waals surface area contributed by atoms with Crippen LogP contribution in [-0.2, 0) is 0 Å². The fourth-order valence-electron chi connectivity index (χ4n) is 0.541. The summed E-state index contributed by atoms with van der Waals surface area (Å²) < 4.78 is 0.567. The third-order valence-corrected chi connectivity index (χ3v) is 1.07. The topological polar surface area (TPSA) is 53.8 Å². The van der Waals surface area contributed by atoms with Gasteiger partial charge >= 0.3 is 60.4 Å². The summed E-state index contributed by atoms with van der Waals surface area (Å²) in [6.45, 7) is 0. The van der Waals surface area contributed by atoms with Crippen molar-refractivity contribution in [2.24, 2.45) is 5.73 Å². The molecule has 0 aliphatic carbocycles. The Morgan fingerprint density at radius 2 is 2.56 bits per heavy atom. The van der Waals surface area contributed by atoms with E-state index in [4.69, 9.17) is 5.73 Å². The van der Waals surface area contributed by atoms with Crippen molar-refractivity contribution in [3.05, 3.63) is 18.3 Å². The van der Waals surface area contributed by atoms with Crippen molar-refractivity contribution in [3.8, 4) is 0 Å². The fourth-order valence-corrected chi connectivity index (χ4v) is 0.772. The number of nitrogens with one attached hydrogen (secondary N) is 2. The van der Waals surface area contributed by atoms with Gasteiger partial charge in [0.25, 0.3) is 0 Å². The molecule has 4 N–H and O–H groups in total. The second-order valence-corrected chi connectivity index (χ2v) is 2.50. The molecule has 1 aromatic heterocycles. The summed E-state index contributed by atoms with van der Waals surface area (Å²) in [6.07, 6.45) is 1.82. The molecule has 0 spiro atoms. The molecule has 0 bridgehead atoms. The molecule has 0 aliphatic rings. The molecule has 1 aromatic rings. The van der Waals surface area contributed by atoms with Crippen molar-refractivity contribution in [2.45, 2.75) is 0 Å². The minimum absolute atomic E-state index is 0.567. The van der Waals surface area contributed by atoms with Crippen LogP contribution in [0, 0.1) is 0 Å². The monoisotopic (exact) mass is 189 g/mol. The Hall–Kier alpha value is -0.731. The van der Waals surface area contributed by atoms with E-state index in [1.54, 1.807) is 0 Å². The van der Waals surface area contributed by atoms with Gasteiger partial charge in [-0.2, -0.15) is 0 Å². The van der Waals surface area contributed by atoms with Crippen molar-refractivity contribution >= 4 is 26.1 Å². The maximum atomic E-state index is 5.31. The van der Waals surface area contributed by atoms with Crippen LogP contribution in [0.4, 0.5) is 5.82 Å². The molecule has 0 saturated carbocycles. The van der Waals surface area contributed by atoms with E-state index in [1.165, 1.54) is 0 Å². The second-order valence-electron chi connectivity index (χ2n) is 1.57. The Kier molecular flexibility index (Phi) is 1.92. The Morgan fingerprint density at radius 3 is 3.00 bits per heavy atom. The minimum atomic E-state index is 0.567. The van der Waals surface area contributed by atoms with Crippen molar-refractivity contribution < 1.29 is 0 Å². The maximum absolute atomic E-state index is 5.31. The summed E-state index contributed by atoms with van der Waals surface area (Å²) in [4.78, 5) is 2.94. The predicted molar refractivity (Wildman–Crippen MR) is 39.4 cm³/mol. The number of nitrogens with two attached hydrogens (primary N) is 1. The Labute approximate surface area is 61.0 Å². The van der Waals surface area contributed by atoms with Crippen molar-refractivity contribution in [3.63, 3.8) is 0 Å². The molecule has 1 heterocycles. The molecule has 48 valence electrons. The van der Waals surface area contributed by atoms with E-state index in [2.05, 4.69) is 25.9 Å². The van der Waals surface area contributed by atoms with Gasteiger partial charge in [-0.25, -0.2) is 0 Å². The number of rotatable bonds is 2. The molecule has 0 atom stereocenters. The number of hydrogen-bond acceptors (Lipinski definition) is 2. The van der Waals surface area contributed by atoms with Crippen LogP contribution < -0.4 is 11.1 Å². The average molecular weight is 188 g/mol. The van der Waals surface area contributed by atoms with Gasteiger partial charge in [0, 0.05) is 0 Å². The predicted octanol–water partition coefficient (Wildman–Crippen LogP) is -0.359. The first-order chi connectivity index (χ1) is 4.29. The van der Waals surface area contributed by atoms with Crippen LogP contribution in [0.15, 0.2) is 18.3 Å². The zero-order valence-corrected chi connectivity index (χ0v) is 6.43. The van der Waals surface area contributed by atoms with Gasteiger partial charge in [-0.3, -0.25) is 0 Å². The number of hydrogen-bond donors (Lipinski definition) is 3. The molecule has 0 fully saturated rings. The quantitative estimate of drug-likeness (QED) is 0.555. The fraction of sp³-hybridized carbons (Fsp3) is 0. The standard InChI is InChI=1S/C5H7N3Se/c6-5(9)8-4-2-1-3-7-4/h1-3,7H,(H3,6,8,9). The van der Waals surface area contributed by atoms with E-state index >= 15 is 0 Å². The Bertz CT molecular complexity index is 192. The molecule has 0 aromatic carbocycles. The molecule has 4 heteroatoms. The van der Waals surface area contributed by atoms with Gasteiger partial charge in [0.1, 0.15) is 0 Å². The molecule has 1 rings (SSSR count). The van der Waals surface area contributed by atoms with Gasteiger partial charge in [0.2, 0.25) is 0 Å². The number of aromatic amines is 1. The average Bonchev–Trinajstić information content (AvgIpc) is 2.15. The molecule has 0 radical (unpaired) electrons. The molecule has 0 amide bonds. The molecule has 0 unspecified atom stereocenters. The normalized spacial score (nSPS) is 8.89. The van der Waals surface area contributed by atoms with E-state index < -0.39 is 0 Å². The Morgan fingerprint density at radius 1 is 1.78 bits per heavy atom.